The van der Waals surface area contributed by atoms with Crippen molar-refractivity contribution in [2.24, 2.45) is 0 Å². The molecule has 4 heteroatoms. The van der Waals surface area contributed by atoms with Gasteiger partial charge in [-0.25, -0.2) is 0 Å². The van der Waals surface area contributed by atoms with E-state index in [2.05, 4.69) is 12.2 Å². The number of hydrogen-bond acceptors (Lipinski definition) is 2. The Balaban J connectivity index is 2.42. The van der Waals surface area contributed by atoms with Crippen LogP contribution in [0.25, 0.3) is 0 Å². The Labute approximate surface area is 120 Å². The van der Waals surface area contributed by atoms with Crippen LogP contribution in [-0.4, -0.2) is 28.8 Å². The molecule has 0 saturated carbocycles. The second-order valence-corrected chi connectivity index (χ2v) is 5.86. The maximum absolute atomic E-state index is 12.4. The minimum absolute atomic E-state index is 0.0168. The molecule has 4 nitrogen and oxygen atoms in total. The summed E-state index contributed by atoms with van der Waals surface area (Å²) in [5.74, 6) is -0.114. The highest BCUT2D eigenvalue weighted by Crippen LogP contribution is 2.33. The molecule has 1 unspecified atom stereocenters. The number of nitrogens with zero attached hydrogens (tertiary/aromatic N) is 1. The van der Waals surface area contributed by atoms with E-state index in [9.17, 15) is 9.59 Å². The van der Waals surface area contributed by atoms with Crippen molar-refractivity contribution in [3.05, 3.63) is 35.9 Å². The number of nitrogens with one attached hydrogen (secondary N) is 1. The van der Waals surface area contributed by atoms with Gasteiger partial charge in [-0.15, -0.1) is 0 Å². The highest BCUT2D eigenvalue weighted by Gasteiger charge is 2.42. The molecule has 1 atom stereocenters. The molecule has 1 heterocycles. The summed E-state index contributed by atoms with van der Waals surface area (Å²) in [7, 11) is 0. The molecule has 0 aliphatic carbocycles. The SMILES string of the molecule is CCCC(C)(C)N1C(=O)CNC(=O)C1c1ccccc1. The molecule has 1 saturated heterocycles. The number of amides is 2. The molecule has 1 aliphatic heterocycles. The first kappa shape index (κ1) is 14.6. The summed E-state index contributed by atoms with van der Waals surface area (Å²) in [6, 6.07) is 8.97. The van der Waals surface area contributed by atoms with Crippen LogP contribution in [0.5, 0.6) is 0 Å². The Hall–Kier alpha value is -1.84. The number of benzene rings is 1. The third-order valence-corrected chi connectivity index (χ3v) is 3.82. The highest BCUT2D eigenvalue weighted by atomic mass is 16.2. The van der Waals surface area contributed by atoms with Gasteiger partial charge in [-0.2, -0.15) is 0 Å². The third kappa shape index (κ3) is 2.69. The molecular weight excluding hydrogens is 252 g/mol. The van der Waals surface area contributed by atoms with Crippen molar-refractivity contribution >= 4 is 11.8 Å². The lowest BCUT2D eigenvalue weighted by molar-refractivity contribution is -0.152. The van der Waals surface area contributed by atoms with Crippen molar-refractivity contribution in [3.63, 3.8) is 0 Å². The summed E-state index contributed by atoms with van der Waals surface area (Å²) in [5, 5.41) is 2.69. The van der Waals surface area contributed by atoms with Crippen molar-refractivity contribution in [2.75, 3.05) is 6.54 Å². The van der Waals surface area contributed by atoms with Gasteiger partial charge >= 0.3 is 0 Å². The predicted molar refractivity (Wildman–Crippen MR) is 78.0 cm³/mol. The number of hydrogen-bond donors (Lipinski definition) is 1. The number of carbonyl (C=O) groups excluding carboxylic acids is 2. The molecular formula is C16H22N2O2. The fourth-order valence-electron chi connectivity index (χ4n) is 2.96. The summed E-state index contributed by atoms with van der Waals surface area (Å²) < 4.78 is 0. The summed E-state index contributed by atoms with van der Waals surface area (Å²) in [6.45, 7) is 6.24. The molecule has 2 rings (SSSR count). The molecule has 20 heavy (non-hydrogen) atoms. The second kappa shape index (κ2) is 5.65. The molecule has 2 amide bonds. The van der Waals surface area contributed by atoms with Gasteiger partial charge in [0.25, 0.3) is 0 Å². The Kier molecular flexibility index (Phi) is 4.12. The first-order chi connectivity index (χ1) is 9.47. The second-order valence-electron chi connectivity index (χ2n) is 5.86. The lowest BCUT2D eigenvalue weighted by atomic mass is 9.90. The van der Waals surface area contributed by atoms with E-state index in [-0.39, 0.29) is 23.9 Å². The molecule has 1 N–H and O–H groups in total. The van der Waals surface area contributed by atoms with Crippen molar-refractivity contribution < 1.29 is 9.59 Å². The fraction of sp³-hybridized carbons (Fsp3) is 0.500. The van der Waals surface area contributed by atoms with Crippen molar-refractivity contribution in [1.29, 1.82) is 0 Å². The minimum Gasteiger partial charge on any atom is -0.345 e. The Bertz CT molecular complexity index is 496. The van der Waals surface area contributed by atoms with Gasteiger partial charge in [0, 0.05) is 5.54 Å². The molecule has 1 aromatic rings. The zero-order valence-electron chi connectivity index (χ0n) is 12.3. The van der Waals surface area contributed by atoms with Crippen molar-refractivity contribution in [1.82, 2.24) is 10.2 Å². The van der Waals surface area contributed by atoms with E-state index in [1.807, 2.05) is 44.2 Å². The molecule has 1 fully saturated rings. The van der Waals surface area contributed by atoms with Crippen molar-refractivity contribution in [3.8, 4) is 0 Å². The van der Waals surface area contributed by atoms with Crippen molar-refractivity contribution in [2.45, 2.75) is 45.2 Å². The smallest absolute Gasteiger partial charge is 0.247 e. The average Bonchev–Trinajstić information content (AvgIpc) is 2.41. The van der Waals surface area contributed by atoms with Crippen LogP contribution >= 0.6 is 0 Å². The standard InChI is InChI=1S/C16H22N2O2/c1-4-10-16(2,3)18-13(19)11-17-15(20)14(18)12-8-6-5-7-9-12/h5-9,14H,4,10-11H2,1-3H3,(H,17,20). The quantitative estimate of drug-likeness (QED) is 0.915. The van der Waals surface area contributed by atoms with Crippen LogP contribution in [0.2, 0.25) is 0 Å². The van der Waals surface area contributed by atoms with E-state index in [4.69, 9.17) is 0 Å². The number of rotatable bonds is 4. The van der Waals surface area contributed by atoms with Gasteiger partial charge in [0.05, 0.1) is 6.54 Å². The summed E-state index contributed by atoms with van der Waals surface area (Å²) in [5.41, 5.74) is 0.534. The summed E-state index contributed by atoms with van der Waals surface area (Å²) in [6.07, 6.45) is 1.84. The Morgan fingerprint density at radius 2 is 1.90 bits per heavy atom. The zero-order valence-corrected chi connectivity index (χ0v) is 12.3. The van der Waals surface area contributed by atoms with E-state index in [1.54, 1.807) is 4.90 Å². The Morgan fingerprint density at radius 1 is 1.25 bits per heavy atom. The van der Waals surface area contributed by atoms with Crippen LogP contribution in [0.1, 0.15) is 45.2 Å². The minimum atomic E-state index is -0.529. The zero-order chi connectivity index (χ0) is 14.8. The average molecular weight is 274 g/mol. The highest BCUT2D eigenvalue weighted by molar-refractivity contribution is 5.95. The van der Waals surface area contributed by atoms with E-state index >= 15 is 0 Å². The van der Waals surface area contributed by atoms with E-state index in [0.717, 1.165) is 18.4 Å². The van der Waals surface area contributed by atoms with Gasteiger partial charge in [0.2, 0.25) is 11.8 Å². The predicted octanol–water partition coefficient (Wildman–Crippen LogP) is 2.26. The topological polar surface area (TPSA) is 49.4 Å². The van der Waals surface area contributed by atoms with Crippen LogP contribution in [0.3, 0.4) is 0 Å². The largest absolute Gasteiger partial charge is 0.345 e. The van der Waals surface area contributed by atoms with Gasteiger partial charge in [0.1, 0.15) is 6.04 Å². The van der Waals surface area contributed by atoms with Gasteiger partial charge in [-0.3, -0.25) is 9.59 Å². The maximum atomic E-state index is 12.4. The normalized spacial score (nSPS) is 19.9. The molecule has 0 spiro atoms. The summed E-state index contributed by atoms with van der Waals surface area (Å²) in [4.78, 5) is 26.4. The molecule has 1 aliphatic rings. The van der Waals surface area contributed by atoms with E-state index in [1.165, 1.54) is 0 Å². The number of piperazine rings is 1. The van der Waals surface area contributed by atoms with Crippen LogP contribution in [-0.2, 0) is 9.59 Å². The first-order valence-corrected chi connectivity index (χ1v) is 7.12. The molecule has 108 valence electrons. The van der Waals surface area contributed by atoms with Gasteiger partial charge in [-0.05, 0) is 25.8 Å². The van der Waals surface area contributed by atoms with Gasteiger partial charge in [-0.1, -0.05) is 43.7 Å². The van der Waals surface area contributed by atoms with E-state index in [0.29, 0.717) is 0 Å². The van der Waals surface area contributed by atoms with E-state index < -0.39 is 6.04 Å². The van der Waals surface area contributed by atoms with Gasteiger partial charge < -0.3 is 10.2 Å². The lowest BCUT2D eigenvalue weighted by Gasteiger charge is -2.45. The molecule has 0 aromatic heterocycles. The molecule has 1 aromatic carbocycles. The third-order valence-electron chi connectivity index (χ3n) is 3.82. The maximum Gasteiger partial charge on any atom is 0.247 e. The molecule has 0 radical (unpaired) electrons. The monoisotopic (exact) mass is 274 g/mol. The van der Waals surface area contributed by atoms with Gasteiger partial charge in [0.15, 0.2) is 0 Å². The Morgan fingerprint density at radius 3 is 2.50 bits per heavy atom. The lowest BCUT2D eigenvalue weighted by Crippen LogP contribution is -2.60. The number of carbonyl (C=O) groups is 2. The van der Waals surface area contributed by atoms with Crippen LogP contribution in [0.4, 0.5) is 0 Å². The first-order valence-electron chi connectivity index (χ1n) is 7.12. The van der Waals surface area contributed by atoms with Crippen LogP contribution < -0.4 is 5.32 Å². The summed E-state index contributed by atoms with van der Waals surface area (Å²) >= 11 is 0. The van der Waals surface area contributed by atoms with Crippen LogP contribution in [0.15, 0.2) is 30.3 Å². The fourth-order valence-corrected chi connectivity index (χ4v) is 2.96. The van der Waals surface area contributed by atoms with Crippen LogP contribution in [0, 0.1) is 0 Å². The molecule has 0 bridgehead atoms.